The number of benzene rings is 1. The van der Waals surface area contributed by atoms with Gasteiger partial charge in [0.2, 0.25) is 0 Å². The number of halogens is 2. The van der Waals surface area contributed by atoms with E-state index in [9.17, 15) is 8.78 Å². The number of furan rings is 1. The molecule has 0 fully saturated rings. The molecular weight excluding hydrogens is 256 g/mol. The van der Waals surface area contributed by atoms with Crippen molar-refractivity contribution < 1.29 is 22.7 Å². The number of alkyl halides is 2. The molecule has 0 aliphatic rings. The van der Waals surface area contributed by atoms with E-state index in [1.165, 1.54) is 13.2 Å². The van der Waals surface area contributed by atoms with E-state index in [0.717, 1.165) is 5.56 Å². The molecule has 4 nitrogen and oxygen atoms in total. The lowest BCUT2D eigenvalue weighted by molar-refractivity contribution is -0.0494. The maximum absolute atomic E-state index is 12.3. The summed E-state index contributed by atoms with van der Waals surface area (Å²) in [6.07, 6.45) is 3.11. The van der Waals surface area contributed by atoms with E-state index in [1.807, 2.05) is 0 Å². The molecule has 0 saturated heterocycles. The monoisotopic (exact) mass is 269 g/mol. The Bertz CT molecular complexity index is 515. The van der Waals surface area contributed by atoms with Gasteiger partial charge in [-0.05, 0) is 18.2 Å². The standard InChI is InChI=1S/C13H13F2NO3/c1-17-10-2-3-12(19-13(14)15)11(6-10)16-7-9-4-5-18-8-9/h2-6,8,13,16H,7H2,1H3. The first-order valence-electron chi connectivity index (χ1n) is 5.57. The van der Waals surface area contributed by atoms with Gasteiger partial charge in [0.25, 0.3) is 0 Å². The van der Waals surface area contributed by atoms with Crippen molar-refractivity contribution >= 4 is 5.69 Å². The molecule has 1 N–H and O–H groups in total. The van der Waals surface area contributed by atoms with Crippen molar-refractivity contribution in [2.45, 2.75) is 13.2 Å². The number of nitrogens with one attached hydrogen (secondary N) is 1. The molecule has 6 heteroatoms. The predicted octanol–water partition coefficient (Wildman–Crippen LogP) is 3.50. The zero-order valence-electron chi connectivity index (χ0n) is 10.2. The topological polar surface area (TPSA) is 43.6 Å². The largest absolute Gasteiger partial charge is 0.497 e. The molecule has 0 unspecified atom stereocenters. The van der Waals surface area contributed by atoms with E-state index in [1.54, 1.807) is 30.7 Å². The Balaban J connectivity index is 2.14. The second kappa shape index (κ2) is 6.08. The van der Waals surface area contributed by atoms with Crippen LogP contribution in [0.5, 0.6) is 11.5 Å². The molecule has 19 heavy (non-hydrogen) atoms. The van der Waals surface area contributed by atoms with E-state index in [4.69, 9.17) is 9.15 Å². The SMILES string of the molecule is COc1ccc(OC(F)F)c(NCc2ccoc2)c1. The summed E-state index contributed by atoms with van der Waals surface area (Å²) in [4.78, 5) is 0. The molecule has 0 spiro atoms. The highest BCUT2D eigenvalue weighted by Gasteiger charge is 2.11. The van der Waals surface area contributed by atoms with Gasteiger partial charge in [0.15, 0.2) is 0 Å². The molecule has 1 aromatic carbocycles. The average Bonchev–Trinajstić information content (AvgIpc) is 2.90. The van der Waals surface area contributed by atoms with E-state index in [2.05, 4.69) is 10.1 Å². The minimum Gasteiger partial charge on any atom is -0.497 e. The number of anilines is 1. The fourth-order valence-electron chi connectivity index (χ4n) is 1.56. The number of methoxy groups -OCH3 is 1. The minimum absolute atomic E-state index is 0.0688. The summed E-state index contributed by atoms with van der Waals surface area (Å²) >= 11 is 0. The van der Waals surface area contributed by atoms with Gasteiger partial charge in [0, 0.05) is 18.2 Å². The molecule has 2 aromatic rings. The van der Waals surface area contributed by atoms with Crippen LogP contribution in [0.15, 0.2) is 41.2 Å². The number of hydrogen-bond acceptors (Lipinski definition) is 4. The highest BCUT2D eigenvalue weighted by atomic mass is 19.3. The normalized spacial score (nSPS) is 10.5. The lowest BCUT2D eigenvalue weighted by Crippen LogP contribution is -2.06. The van der Waals surface area contributed by atoms with Gasteiger partial charge in [-0.15, -0.1) is 0 Å². The Kier molecular flexibility index (Phi) is 4.22. The molecular formula is C13H13F2NO3. The molecule has 0 radical (unpaired) electrons. The van der Waals surface area contributed by atoms with Crippen LogP contribution in [0.3, 0.4) is 0 Å². The van der Waals surface area contributed by atoms with E-state index < -0.39 is 6.61 Å². The Morgan fingerprint density at radius 3 is 2.79 bits per heavy atom. The second-order valence-corrected chi connectivity index (χ2v) is 3.73. The van der Waals surface area contributed by atoms with Crippen molar-refractivity contribution in [2.24, 2.45) is 0 Å². The van der Waals surface area contributed by atoms with Gasteiger partial charge < -0.3 is 19.2 Å². The maximum Gasteiger partial charge on any atom is 0.387 e. The van der Waals surface area contributed by atoms with Crippen molar-refractivity contribution in [1.29, 1.82) is 0 Å². The summed E-state index contributed by atoms with van der Waals surface area (Å²) in [5.41, 5.74) is 1.33. The highest BCUT2D eigenvalue weighted by Crippen LogP contribution is 2.30. The summed E-state index contributed by atoms with van der Waals surface area (Å²) in [5, 5.41) is 3.00. The van der Waals surface area contributed by atoms with Crippen LogP contribution < -0.4 is 14.8 Å². The Morgan fingerprint density at radius 2 is 2.16 bits per heavy atom. The van der Waals surface area contributed by atoms with Crippen LogP contribution >= 0.6 is 0 Å². The van der Waals surface area contributed by atoms with Crippen molar-refractivity contribution in [3.05, 3.63) is 42.4 Å². The van der Waals surface area contributed by atoms with Crippen molar-refractivity contribution in [3.63, 3.8) is 0 Å². The third-order valence-corrected chi connectivity index (χ3v) is 2.47. The lowest BCUT2D eigenvalue weighted by atomic mass is 10.2. The summed E-state index contributed by atoms with van der Waals surface area (Å²) in [6, 6.07) is 6.36. The summed E-state index contributed by atoms with van der Waals surface area (Å²) in [5.74, 6) is 0.621. The van der Waals surface area contributed by atoms with Crippen LogP contribution in [0.2, 0.25) is 0 Å². The molecule has 1 aromatic heterocycles. The van der Waals surface area contributed by atoms with Crippen molar-refractivity contribution in [3.8, 4) is 11.5 Å². The number of hydrogen-bond donors (Lipinski definition) is 1. The van der Waals surface area contributed by atoms with Crippen LogP contribution in [0.25, 0.3) is 0 Å². The molecule has 0 amide bonds. The van der Waals surface area contributed by atoms with Gasteiger partial charge in [-0.3, -0.25) is 0 Å². The Hall–Kier alpha value is -2.24. The maximum atomic E-state index is 12.3. The van der Waals surface area contributed by atoms with Gasteiger partial charge >= 0.3 is 6.61 Å². The fourth-order valence-corrected chi connectivity index (χ4v) is 1.56. The zero-order valence-corrected chi connectivity index (χ0v) is 10.2. The lowest BCUT2D eigenvalue weighted by Gasteiger charge is -2.13. The van der Waals surface area contributed by atoms with Gasteiger partial charge in [-0.25, -0.2) is 0 Å². The molecule has 0 aliphatic heterocycles. The van der Waals surface area contributed by atoms with E-state index >= 15 is 0 Å². The fraction of sp³-hybridized carbons (Fsp3) is 0.231. The minimum atomic E-state index is -2.87. The summed E-state index contributed by atoms with van der Waals surface area (Å²) in [6.45, 7) is -2.44. The van der Waals surface area contributed by atoms with Crippen LogP contribution in [0, 0.1) is 0 Å². The molecule has 0 atom stereocenters. The van der Waals surface area contributed by atoms with Crippen LogP contribution in [0.4, 0.5) is 14.5 Å². The van der Waals surface area contributed by atoms with Gasteiger partial charge in [0.05, 0.1) is 25.3 Å². The Labute approximate surface area is 108 Å². The van der Waals surface area contributed by atoms with E-state index in [0.29, 0.717) is 18.0 Å². The first kappa shape index (κ1) is 13.2. The quantitative estimate of drug-likeness (QED) is 0.871. The van der Waals surface area contributed by atoms with E-state index in [-0.39, 0.29) is 5.75 Å². The Morgan fingerprint density at radius 1 is 1.32 bits per heavy atom. The molecule has 0 aliphatic carbocycles. The predicted molar refractivity (Wildman–Crippen MR) is 65.7 cm³/mol. The molecule has 1 heterocycles. The van der Waals surface area contributed by atoms with Gasteiger partial charge in [-0.2, -0.15) is 8.78 Å². The van der Waals surface area contributed by atoms with Crippen LogP contribution in [0.1, 0.15) is 5.56 Å². The first-order chi connectivity index (χ1) is 9.19. The van der Waals surface area contributed by atoms with Crippen molar-refractivity contribution in [1.82, 2.24) is 0 Å². The third-order valence-electron chi connectivity index (χ3n) is 2.47. The highest BCUT2D eigenvalue weighted by molar-refractivity contribution is 5.59. The average molecular weight is 269 g/mol. The van der Waals surface area contributed by atoms with Crippen LogP contribution in [-0.4, -0.2) is 13.7 Å². The summed E-state index contributed by atoms with van der Waals surface area (Å²) < 4.78 is 39.0. The third kappa shape index (κ3) is 3.61. The molecule has 0 bridgehead atoms. The van der Waals surface area contributed by atoms with Crippen LogP contribution in [-0.2, 0) is 6.54 Å². The molecule has 2 rings (SSSR count). The second-order valence-electron chi connectivity index (χ2n) is 3.73. The smallest absolute Gasteiger partial charge is 0.387 e. The molecule has 102 valence electrons. The zero-order chi connectivity index (χ0) is 13.7. The van der Waals surface area contributed by atoms with Gasteiger partial charge in [0.1, 0.15) is 11.5 Å². The van der Waals surface area contributed by atoms with Gasteiger partial charge in [-0.1, -0.05) is 0 Å². The molecule has 0 saturated carbocycles. The number of ether oxygens (including phenoxy) is 2. The first-order valence-corrected chi connectivity index (χ1v) is 5.57. The van der Waals surface area contributed by atoms with Crippen molar-refractivity contribution in [2.75, 3.05) is 12.4 Å². The number of rotatable bonds is 6. The summed E-state index contributed by atoms with van der Waals surface area (Å²) in [7, 11) is 1.50.